The zero-order chi connectivity index (χ0) is 33.5. The number of anilines is 1. The zero-order valence-electron chi connectivity index (χ0n) is 26.1. The molecule has 11 heteroatoms. The van der Waals surface area contributed by atoms with Crippen LogP contribution in [-0.4, -0.2) is 50.4 Å². The highest BCUT2D eigenvalue weighted by atomic mass is 35.5. The van der Waals surface area contributed by atoms with Gasteiger partial charge in [0.15, 0.2) is 0 Å². The van der Waals surface area contributed by atoms with Crippen molar-refractivity contribution in [1.29, 1.82) is 0 Å². The van der Waals surface area contributed by atoms with Crippen LogP contribution in [0.5, 0.6) is 5.75 Å². The van der Waals surface area contributed by atoms with Gasteiger partial charge in [-0.15, -0.1) is 0 Å². The highest BCUT2D eigenvalue weighted by Gasteiger charge is 2.36. The number of hydrogen-bond acceptors (Lipinski definition) is 5. The average molecular weight is 683 g/mol. The SMILES string of the molecule is COc1ccc(N(CC(=O)N(Cc2c(Cl)cccc2Cl)[C@H](Cc2ccccc2)C(=O)NC(C)(C)C)S(=O)(=O)c2ccccc2)cc1. The first kappa shape index (κ1) is 34.8. The zero-order valence-corrected chi connectivity index (χ0v) is 28.4. The molecule has 0 aliphatic carbocycles. The summed E-state index contributed by atoms with van der Waals surface area (Å²) in [6.45, 7) is 4.78. The molecule has 1 N–H and O–H groups in total. The summed E-state index contributed by atoms with van der Waals surface area (Å²) in [4.78, 5) is 29.9. The number of nitrogens with zero attached hydrogens (tertiary/aromatic N) is 2. The minimum Gasteiger partial charge on any atom is -0.497 e. The number of halogens is 2. The summed E-state index contributed by atoms with van der Waals surface area (Å²) in [6, 6.07) is 27.5. The normalized spacial score (nSPS) is 12.2. The summed E-state index contributed by atoms with van der Waals surface area (Å²) >= 11 is 13.1. The van der Waals surface area contributed by atoms with Crippen molar-refractivity contribution < 1.29 is 22.7 Å². The molecule has 8 nitrogen and oxygen atoms in total. The van der Waals surface area contributed by atoms with Crippen LogP contribution in [0, 0.1) is 0 Å². The number of benzene rings is 4. The number of rotatable bonds is 12. The molecule has 0 heterocycles. The first-order chi connectivity index (χ1) is 21.8. The van der Waals surface area contributed by atoms with Gasteiger partial charge in [0.05, 0.1) is 17.7 Å². The van der Waals surface area contributed by atoms with Crippen molar-refractivity contribution in [2.45, 2.75) is 50.2 Å². The molecule has 0 aliphatic heterocycles. The van der Waals surface area contributed by atoms with Gasteiger partial charge in [-0.05, 0) is 74.9 Å². The highest BCUT2D eigenvalue weighted by Crippen LogP contribution is 2.30. The van der Waals surface area contributed by atoms with Crippen LogP contribution in [0.4, 0.5) is 5.69 Å². The first-order valence-corrected chi connectivity index (χ1v) is 16.8. The summed E-state index contributed by atoms with van der Waals surface area (Å²) in [5.41, 5.74) is 0.868. The summed E-state index contributed by atoms with van der Waals surface area (Å²) < 4.78 is 34.5. The van der Waals surface area contributed by atoms with E-state index in [1.54, 1.807) is 60.7 Å². The van der Waals surface area contributed by atoms with Crippen LogP contribution in [0.2, 0.25) is 10.0 Å². The Hall–Kier alpha value is -4.05. The number of nitrogens with one attached hydrogen (secondary N) is 1. The monoisotopic (exact) mass is 681 g/mol. The summed E-state index contributed by atoms with van der Waals surface area (Å²) in [6.07, 6.45) is 0.157. The van der Waals surface area contributed by atoms with Crippen LogP contribution in [0.3, 0.4) is 0 Å². The van der Waals surface area contributed by atoms with Crippen LogP contribution < -0.4 is 14.4 Å². The van der Waals surface area contributed by atoms with E-state index >= 15 is 0 Å². The van der Waals surface area contributed by atoms with Gasteiger partial charge in [-0.3, -0.25) is 13.9 Å². The predicted octanol–water partition coefficient (Wildman–Crippen LogP) is 6.75. The van der Waals surface area contributed by atoms with Crippen LogP contribution in [-0.2, 0) is 32.6 Å². The first-order valence-electron chi connectivity index (χ1n) is 14.6. The topological polar surface area (TPSA) is 96.0 Å². The Labute approximate surface area is 280 Å². The molecule has 0 radical (unpaired) electrons. The summed E-state index contributed by atoms with van der Waals surface area (Å²) in [5.74, 6) is -0.519. The van der Waals surface area contributed by atoms with Gasteiger partial charge < -0.3 is 15.0 Å². The van der Waals surface area contributed by atoms with Crippen molar-refractivity contribution in [2.75, 3.05) is 18.0 Å². The molecule has 46 heavy (non-hydrogen) atoms. The number of sulfonamides is 1. The summed E-state index contributed by atoms with van der Waals surface area (Å²) in [5, 5.41) is 3.62. The van der Waals surface area contributed by atoms with Crippen molar-refractivity contribution >= 4 is 50.7 Å². The van der Waals surface area contributed by atoms with E-state index in [0.29, 0.717) is 21.4 Å². The van der Waals surface area contributed by atoms with Gasteiger partial charge in [0, 0.05) is 34.1 Å². The maximum atomic E-state index is 14.6. The van der Waals surface area contributed by atoms with Gasteiger partial charge in [-0.1, -0.05) is 77.8 Å². The minimum atomic E-state index is -4.23. The van der Waals surface area contributed by atoms with Crippen LogP contribution in [0.15, 0.2) is 108 Å². The van der Waals surface area contributed by atoms with Gasteiger partial charge in [0.2, 0.25) is 11.8 Å². The third kappa shape index (κ3) is 8.81. The second-order valence-electron chi connectivity index (χ2n) is 11.7. The smallest absolute Gasteiger partial charge is 0.264 e. The van der Waals surface area contributed by atoms with Crippen molar-refractivity contribution in [1.82, 2.24) is 10.2 Å². The van der Waals surface area contributed by atoms with Gasteiger partial charge >= 0.3 is 0 Å². The van der Waals surface area contributed by atoms with Gasteiger partial charge in [0.25, 0.3) is 10.0 Å². The molecule has 4 aromatic carbocycles. The second-order valence-corrected chi connectivity index (χ2v) is 14.4. The predicted molar refractivity (Wildman–Crippen MR) is 183 cm³/mol. The van der Waals surface area contributed by atoms with Crippen molar-refractivity contribution in [3.8, 4) is 5.75 Å². The Morgan fingerprint density at radius 2 is 1.39 bits per heavy atom. The lowest BCUT2D eigenvalue weighted by atomic mass is 10.0. The van der Waals surface area contributed by atoms with E-state index in [9.17, 15) is 18.0 Å². The molecule has 0 aromatic heterocycles. The van der Waals surface area contributed by atoms with E-state index in [0.717, 1.165) is 9.87 Å². The number of amides is 2. The Morgan fingerprint density at radius 3 is 1.93 bits per heavy atom. The quantitative estimate of drug-likeness (QED) is 0.178. The molecule has 0 bridgehead atoms. The van der Waals surface area contributed by atoms with Gasteiger partial charge in [0.1, 0.15) is 18.3 Å². The maximum Gasteiger partial charge on any atom is 0.264 e. The Balaban J connectivity index is 1.85. The lowest BCUT2D eigenvalue weighted by Gasteiger charge is -2.35. The standard InChI is InChI=1S/C35H37Cl2N3O5S/c1-35(2,3)38-34(42)32(22-25-12-7-5-8-13-25)39(23-29-30(36)16-11-17-31(29)37)33(41)24-40(26-18-20-27(45-4)21-19-26)46(43,44)28-14-9-6-10-15-28/h5-21,32H,22-24H2,1-4H3,(H,38,42)/t32-/m1/s1. The molecule has 1 atom stereocenters. The van der Waals surface area contributed by atoms with E-state index in [2.05, 4.69) is 5.32 Å². The third-order valence-corrected chi connectivity index (χ3v) is 9.63. The molecule has 0 unspecified atom stereocenters. The Kier molecular flexibility index (Phi) is 11.4. The van der Waals surface area contributed by atoms with E-state index in [1.807, 2.05) is 51.1 Å². The molecule has 0 fully saturated rings. The molecule has 0 saturated carbocycles. The minimum absolute atomic E-state index is 0.00521. The van der Waals surface area contributed by atoms with Gasteiger partial charge in [-0.2, -0.15) is 0 Å². The third-order valence-electron chi connectivity index (χ3n) is 7.13. The lowest BCUT2D eigenvalue weighted by Crippen LogP contribution is -2.56. The molecule has 0 saturated heterocycles. The Morgan fingerprint density at radius 1 is 0.826 bits per heavy atom. The van der Waals surface area contributed by atoms with Crippen LogP contribution in [0.1, 0.15) is 31.9 Å². The lowest BCUT2D eigenvalue weighted by molar-refractivity contribution is -0.140. The fraction of sp³-hybridized carbons (Fsp3) is 0.257. The van der Waals surface area contributed by atoms with Crippen molar-refractivity contribution in [2.24, 2.45) is 0 Å². The van der Waals surface area contributed by atoms with Crippen molar-refractivity contribution in [3.63, 3.8) is 0 Å². The van der Waals surface area contributed by atoms with E-state index in [4.69, 9.17) is 27.9 Å². The van der Waals surface area contributed by atoms with E-state index < -0.39 is 40.0 Å². The highest BCUT2D eigenvalue weighted by molar-refractivity contribution is 7.92. The number of carbonyl (C=O) groups is 2. The second kappa shape index (κ2) is 15.0. The average Bonchev–Trinajstić information content (AvgIpc) is 3.02. The summed E-state index contributed by atoms with van der Waals surface area (Å²) in [7, 11) is -2.73. The molecule has 0 aliphatic rings. The van der Waals surface area contributed by atoms with E-state index in [-0.39, 0.29) is 23.5 Å². The fourth-order valence-corrected chi connectivity index (χ4v) is 6.81. The number of ether oxygens (including phenoxy) is 1. The van der Waals surface area contributed by atoms with Gasteiger partial charge in [-0.25, -0.2) is 8.42 Å². The van der Waals surface area contributed by atoms with Crippen LogP contribution in [0.25, 0.3) is 0 Å². The number of hydrogen-bond donors (Lipinski definition) is 1. The molecule has 2 amide bonds. The largest absolute Gasteiger partial charge is 0.497 e. The van der Waals surface area contributed by atoms with Crippen LogP contribution >= 0.6 is 23.2 Å². The maximum absolute atomic E-state index is 14.6. The molecule has 242 valence electrons. The molecule has 4 rings (SSSR count). The van der Waals surface area contributed by atoms with E-state index in [1.165, 1.54) is 24.1 Å². The Bertz CT molecular complexity index is 1730. The molecule has 0 spiro atoms. The molecular formula is C35H37Cl2N3O5S. The number of carbonyl (C=O) groups excluding carboxylic acids is 2. The molecule has 4 aromatic rings. The number of methoxy groups -OCH3 is 1. The fourth-order valence-electron chi connectivity index (χ4n) is 4.86. The molecular weight excluding hydrogens is 645 g/mol. The van der Waals surface area contributed by atoms with Crippen molar-refractivity contribution in [3.05, 3.63) is 124 Å².